The maximum Gasteiger partial charge on any atom is 0.416 e. The first-order valence-corrected chi connectivity index (χ1v) is 7.13. The molecule has 0 aromatic heterocycles. The van der Waals surface area contributed by atoms with Crippen LogP contribution in [0, 0.1) is 17.8 Å². The lowest BCUT2D eigenvalue weighted by Gasteiger charge is -2.14. The Balaban J connectivity index is 1.75. The number of rotatable bonds is 3. The third-order valence-corrected chi connectivity index (χ3v) is 4.61. The summed E-state index contributed by atoms with van der Waals surface area (Å²) in [4.78, 5) is 12.1. The van der Waals surface area contributed by atoms with Crippen LogP contribution in [0.4, 0.5) is 18.9 Å². The van der Waals surface area contributed by atoms with E-state index in [4.69, 9.17) is 5.73 Å². The van der Waals surface area contributed by atoms with Crippen LogP contribution in [0.5, 0.6) is 0 Å². The molecule has 2 fully saturated rings. The van der Waals surface area contributed by atoms with Crippen LogP contribution in [0.3, 0.4) is 0 Å². The monoisotopic (exact) mass is 298 g/mol. The van der Waals surface area contributed by atoms with Crippen LogP contribution in [0.1, 0.15) is 30.4 Å². The van der Waals surface area contributed by atoms with Crippen LogP contribution in [0.2, 0.25) is 0 Å². The van der Waals surface area contributed by atoms with E-state index in [1.54, 1.807) is 0 Å². The van der Waals surface area contributed by atoms with Crippen LogP contribution in [-0.4, -0.2) is 5.91 Å². The van der Waals surface area contributed by atoms with Crippen molar-refractivity contribution in [2.75, 3.05) is 5.32 Å². The first-order chi connectivity index (χ1) is 9.91. The Labute approximate surface area is 120 Å². The first kappa shape index (κ1) is 14.4. The summed E-state index contributed by atoms with van der Waals surface area (Å²) in [5.74, 6) is 0.714. The predicted octanol–water partition coefficient (Wildman–Crippen LogP) is 3.15. The summed E-state index contributed by atoms with van der Waals surface area (Å²) in [6, 6.07) is 3.78. The molecular formula is C15H17F3N2O. The number of nitrogens with one attached hydrogen (secondary N) is 1. The average molecular weight is 298 g/mol. The van der Waals surface area contributed by atoms with Gasteiger partial charge in [0.2, 0.25) is 5.91 Å². The summed E-state index contributed by atoms with van der Waals surface area (Å²) < 4.78 is 38.8. The van der Waals surface area contributed by atoms with Gasteiger partial charge in [0.1, 0.15) is 0 Å². The van der Waals surface area contributed by atoms with E-state index in [1.807, 2.05) is 0 Å². The van der Waals surface area contributed by atoms with Crippen LogP contribution >= 0.6 is 0 Å². The summed E-state index contributed by atoms with van der Waals surface area (Å²) in [5, 5.41) is 2.62. The molecule has 0 bridgehead atoms. The van der Waals surface area contributed by atoms with Crippen molar-refractivity contribution >= 4 is 11.6 Å². The van der Waals surface area contributed by atoms with Crippen LogP contribution in [0.15, 0.2) is 18.2 Å². The second kappa shape index (κ2) is 5.02. The van der Waals surface area contributed by atoms with E-state index in [0.717, 1.165) is 25.3 Å². The Morgan fingerprint density at radius 2 is 1.95 bits per heavy atom. The van der Waals surface area contributed by atoms with Crippen LogP contribution in [0.25, 0.3) is 0 Å². The molecule has 2 saturated carbocycles. The molecule has 2 aliphatic rings. The fraction of sp³-hybridized carbons (Fsp3) is 0.533. The first-order valence-electron chi connectivity index (χ1n) is 7.13. The van der Waals surface area contributed by atoms with Crippen LogP contribution < -0.4 is 11.1 Å². The molecule has 3 N–H and O–H groups in total. The predicted molar refractivity (Wildman–Crippen MR) is 72.3 cm³/mol. The fourth-order valence-corrected chi connectivity index (χ4v) is 3.53. The molecule has 1 aromatic carbocycles. The number of benzene rings is 1. The third-order valence-electron chi connectivity index (χ3n) is 4.61. The molecule has 1 amide bonds. The summed E-state index contributed by atoms with van der Waals surface area (Å²) in [7, 11) is 0. The van der Waals surface area contributed by atoms with Crippen molar-refractivity contribution in [3.05, 3.63) is 29.3 Å². The summed E-state index contributed by atoms with van der Waals surface area (Å²) >= 11 is 0. The Morgan fingerprint density at radius 3 is 2.52 bits per heavy atom. The SMILES string of the molecule is NCc1ccc(NC(=O)C2C3CCCC32)cc1C(F)(F)F. The Kier molecular flexibility index (Phi) is 3.43. The third kappa shape index (κ3) is 2.64. The molecule has 3 nitrogen and oxygen atoms in total. The van der Waals surface area contributed by atoms with Gasteiger partial charge < -0.3 is 11.1 Å². The van der Waals surface area contributed by atoms with Crippen molar-refractivity contribution in [2.24, 2.45) is 23.5 Å². The van der Waals surface area contributed by atoms with Gasteiger partial charge in [0, 0.05) is 18.2 Å². The van der Waals surface area contributed by atoms with Gasteiger partial charge in [-0.25, -0.2) is 0 Å². The molecule has 114 valence electrons. The topological polar surface area (TPSA) is 55.1 Å². The minimum Gasteiger partial charge on any atom is -0.326 e. The van der Waals surface area contributed by atoms with E-state index in [1.165, 1.54) is 12.1 Å². The van der Waals surface area contributed by atoms with E-state index in [-0.39, 0.29) is 29.6 Å². The minimum atomic E-state index is -4.47. The maximum absolute atomic E-state index is 12.9. The number of carbonyl (C=O) groups excluding carboxylic acids is 1. The molecule has 0 saturated heterocycles. The van der Waals surface area contributed by atoms with E-state index in [2.05, 4.69) is 5.32 Å². The molecule has 0 radical (unpaired) electrons. The highest BCUT2D eigenvalue weighted by Gasteiger charge is 2.56. The molecule has 1 aromatic rings. The minimum absolute atomic E-state index is 0.0118. The highest BCUT2D eigenvalue weighted by Crippen LogP contribution is 2.57. The van der Waals surface area contributed by atoms with Crippen LogP contribution in [-0.2, 0) is 17.5 Å². The largest absolute Gasteiger partial charge is 0.416 e. The number of carbonyl (C=O) groups is 1. The molecule has 2 atom stereocenters. The van der Waals surface area contributed by atoms with Gasteiger partial charge in [-0.2, -0.15) is 13.2 Å². The lowest BCUT2D eigenvalue weighted by molar-refractivity contribution is -0.138. The zero-order valence-electron chi connectivity index (χ0n) is 11.4. The summed E-state index contributed by atoms with van der Waals surface area (Å²) in [6.45, 7) is -0.185. The molecule has 0 aliphatic heterocycles. The van der Waals surface area contributed by atoms with Gasteiger partial charge in [-0.05, 0) is 42.4 Å². The van der Waals surface area contributed by atoms with Crippen molar-refractivity contribution in [1.29, 1.82) is 0 Å². The fourth-order valence-electron chi connectivity index (χ4n) is 3.53. The number of amides is 1. The van der Waals surface area contributed by atoms with Crippen molar-refractivity contribution in [3.63, 3.8) is 0 Å². The number of fused-ring (bicyclic) bond motifs is 1. The average Bonchev–Trinajstić information content (AvgIpc) is 2.91. The molecule has 2 aliphatic carbocycles. The molecule has 3 rings (SSSR count). The number of nitrogens with two attached hydrogens (primary N) is 1. The van der Waals surface area contributed by atoms with E-state index >= 15 is 0 Å². The molecular weight excluding hydrogens is 281 g/mol. The van der Waals surface area contributed by atoms with E-state index < -0.39 is 11.7 Å². The molecule has 2 unspecified atom stereocenters. The highest BCUT2D eigenvalue weighted by molar-refractivity contribution is 5.95. The van der Waals surface area contributed by atoms with E-state index in [9.17, 15) is 18.0 Å². The Hall–Kier alpha value is -1.56. The normalized spacial score (nSPS) is 27.3. The second-order valence-corrected chi connectivity index (χ2v) is 5.85. The molecule has 0 spiro atoms. The second-order valence-electron chi connectivity index (χ2n) is 5.85. The van der Waals surface area contributed by atoms with Gasteiger partial charge >= 0.3 is 6.18 Å². The number of hydrogen-bond acceptors (Lipinski definition) is 2. The van der Waals surface area contributed by atoms with Gasteiger partial charge in [-0.15, -0.1) is 0 Å². The molecule has 6 heteroatoms. The number of anilines is 1. The maximum atomic E-state index is 12.9. The van der Waals surface area contributed by atoms with Crippen molar-refractivity contribution < 1.29 is 18.0 Å². The van der Waals surface area contributed by atoms with Gasteiger partial charge in [0.25, 0.3) is 0 Å². The van der Waals surface area contributed by atoms with Gasteiger partial charge in [0.15, 0.2) is 0 Å². The highest BCUT2D eigenvalue weighted by atomic mass is 19.4. The number of alkyl halides is 3. The quantitative estimate of drug-likeness (QED) is 0.900. The molecule has 21 heavy (non-hydrogen) atoms. The Morgan fingerprint density at radius 1 is 1.29 bits per heavy atom. The number of hydrogen-bond donors (Lipinski definition) is 2. The van der Waals surface area contributed by atoms with E-state index in [0.29, 0.717) is 11.8 Å². The molecule has 0 heterocycles. The van der Waals surface area contributed by atoms with Crippen molar-refractivity contribution in [1.82, 2.24) is 0 Å². The zero-order valence-corrected chi connectivity index (χ0v) is 11.4. The van der Waals surface area contributed by atoms with Gasteiger partial charge in [-0.1, -0.05) is 12.5 Å². The lowest BCUT2D eigenvalue weighted by Crippen LogP contribution is -2.18. The summed E-state index contributed by atoms with van der Waals surface area (Å²) in [5.41, 5.74) is 4.77. The van der Waals surface area contributed by atoms with Gasteiger partial charge in [-0.3, -0.25) is 4.79 Å². The summed E-state index contributed by atoms with van der Waals surface area (Å²) in [6.07, 6.45) is -1.20. The van der Waals surface area contributed by atoms with Gasteiger partial charge in [0.05, 0.1) is 5.56 Å². The van der Waals surface area contributed by atoms with Crippen molar-refractivity contribution in [2.45, 2.75) is 32.0 Å². The smallest absolute Gasteiger partial charge is 0.326 e. The standard InChI is InChI=1S/C15H17F3N2O/c16-15(17,18)12-6-9(5-4-8(12)7-19)20-14(21)13-10-2-1-3-11(10)13/h4-6,10-11,13H,1-3,7,19H2,(H,20,21). The van der Waals surface area contributed by atoms with Crippen molar-refractivity contribution in [3.8, 4) is 0 Å². The number of halogens is 3. The Bertz CT molecular complexity index is 561. The zero-order chi connectivity index (χ0) is 15.2. The lowest BCUT2D eigenvalue weighted by atomic mass is 10.1.